The summed E-state index contributed by atoms with van der Waals surface area (Å²) in [5.74, 6) is -3.65. The standard InChI is InChI=1S/C14H17F2NO3/c1-8(2)14(3,13(19)20)7-12(18)17-11-5-4-9(15)6-10(11)16/h4-6,8H,7H2,1-3H3,(H,17,18)(H,19,20). The lowest BCUT2D eigenvalue weighted by Gasteiger charge is -2.28. The molecular formula is C14H17F2NO3. The van der Waals surface area contributed by atoms with Crippen LogP contribution in [0.1, 0.15) is 27.2 Å². The molecule has 6 heteroatoms. The summed E-state index contributed by atoms with van der Waals surface area (Å²) in [5, 5.41) is 11.5. The van der Waals surface area contributed by atoms with Crippen LogP contribution >= 0.6 is 0 Å². The Balaban J connectivity index is 2.84. The summed E-state index contributed by atoms with van der Waals surface area (Å²) in [4.78, 5) is 23.1. The summed E-state index contributed by atoms with van der Waals surface area (Å²) < 4.78 is 26.1. The number of anilines is 1. The normalized spacial score (nSPS) is 13.9. The second kappa shape index (κ2) is 5.98. The number of aliphatic carboxylic acids is 1. The first-order valence-corrected chi connectivity index (χ1v) is 6.15. The van der Waals surface area contributed by atoms with Crippen LogP contribution in [0.2, 0.25) is 0 Å². The molecule has 1 amide bonds. The largest absolute Gasteiger partial charge is 0.481 e. The number of rotatable bonds is 5. The van der Waals surface area contributed by atoms with Gasteiger partial charge in [0.05, 0.1) is 11.1 Å². The fraction of sp³-hybridized carbons (Fsp3) is 0.429. The van der Waals surface area contributed by atoms with Crippen molar-refractivity contribution in [3.8, 4) is 0 Å². The number of carboxylic acids is 1. The van der Waals surface area contributed by atoms with Gasteiger partial charge in [-0.3, -0.25) is 9.59 Å². The van der Waals surface area contributed by atoms with Gasteiger partial charge in [0.1, 0.15) is 11.6 Å². The highest BCUT2D eigenvalue weighted by atomic mass is 19.1. The quantitative estimate of drug-likeness (QED) is 0.873. The van der Waals surface area contributed by atoms with Crippen molar-refractivity contribution in [2.45, 2.75) is 27.2 Å². The summed E-state index contributed by atoms with van der Waals surface area (Å²) in [5.41, 5.74) is -1.42. The van der Waals surface area contributed by atoms with Gasteiger partial charge >= 0.3 is 5.97 Å². The topological polar surface area (TPSA) is 66.4 Å². The Bertz CT molecular complexity index is 531. The third-order valence-electron chi connectivity index (χ3n) is 3.50. The predicted octanol–water partition coefficient (Wildman–Crippen LogP) is 3.04. The molecule has 0 bridgehead atoms. The minimum Gasteiger partial charge on any atom is -0.481 e. The number of amides is 1. The van der Waals surface area contributed by atoms with Crippen LogP contribution in [-0.4, -0.2) is 17.0 Å². The van der Waals surface area contributed by atoms with Gasteiger partial charge in [0, 0.05) is 12.5 Å². The minimum absolute atomic E-state index is 0.173. The van der Waals surface area contributed by atoms with E-state index in [0.29, 0.717) is 6.07 Å². The van der Waals surface area contributed by atoms with Crippen LogP contribution in [0.5, 0.6) is 0 Å². The SMILES string of the molecule is CC(C)C(C)(CC(=O)Nc1ccc(F)cc1F)C(=O)O. The van der Waals surface area contributed by atoms with E-state index >= 15 is 0 Å². The number of carbonyl (C=O) groups excluding carboxylic acids is 1. The molecule has 0 spiro atoms. The molecular weight excluding hydrogens is 268 g/mol. The lowest BCUT2D eigenvalue weighted by molar-refractivity contribution is -0.153. The van der Waals surface area contributed by atoms with Crippen LogP contribution in [0, 0.1) is 23.0 Å². The van der Waals surface area contributed by atoms with E-state index in [1.807, 2.05) is 0 Å². The highest BCUT2D eigenvalue weighted by Gasteiger charge is 2.38. The van der Waals surface area contributed by atoms with Gasteiger partial charge in [-0.15, -0.1) is 0 Å². The smallest absolute Gasteiger partial charge is 0.310 e. The zero-order valence-electron chi connectivity index (χ0n) is 11.5. The molecule has 4 nitrogen and oxygen atoms in total. The van der Waals surface area contributed by atoms with Gasteiger partial charge in [-0.2, -0.15) is 0 Å². The average Bonchev–Trinajstić information content (AvgIpc) is 2.32. The molecule has 0 fully saturated rings. The van der Waals surface area contributed by atoms with E-state index in [4.69, 9.17) is 0 Å². The zero-order valence-corrected chi connectivity index (χ0v) is 11.5. The number of carboxylic acid groups (broad SMARTS) is 1. The van der Waals surface area contributed by atoms with Crippen LogP contribution in [0.15, 0.2) is 18.2 Å². The van der Waals surface area contributed by atoms with Crippen molar-refractivity contribution in [1.29, 1.82) is 0 Å². The molecule has 0 aliphatic heterocycles. The van der Waals surface area contributed by atoms with Crippen LogP contribution < -0.4 is 5.32 Å². The number of hydrogen-bond donors (Lipinski definition) is 2. The third-order valence-corrected chi connectivity index (χ3v) is 3.50. The van der Waals surface area contributed by atoms with Gasteiger partial charge in [-0.1, -0.05) is 13.8 Å². The predicted molar refractivity (Wildman–Crippen MR) is 70.2 cm³/mol. The van der Waals surface area contributed by atoms with Crippen LogP contribution in [0.3, 0.4) is 0 Å². The molecule has 0 saturated carbocycles. The number of hydrogen-bond acceptors (Lipinski definition) is 2. The fourth-order valence-electron chi connectivity index (χ4n) is 1.65. The van der Waals surface area contributed by atoms with E-state index in [9.17, 15) is 23.5 Å². The molecule has 1 aromatic rings. The Labute approximate surface area is 115 Å². The van der Waals surface area contributed by atoms with E-state index in [1.165, 1.54) is 6.92 Å². The zero-order chi connectivity index (χ0) is 15.5. The molecule has 0 aliphatic carbocycles. The summed E-state index contributed by atoms with van der Waals surface area (Å²) >= 11 is 0. The molecule has 1 rings (SSSR count). The molecule has 1 atom stereocenters. The maximum Gasteiger partial charge on any atom is 0.310 e. The van der Waals surface area contributed by atoms with E-state index in [2.05, 4.69) is 5.32 Å². The first kappa shape index (κ1) is 16.1. The lowest BCUT2D eigenvalue weighted by atomic mass is 9.76. The van der Waals surface area contributed by atoms with Gasteiger partial charge in [-0.25, -0.2) is 8.78 Å². The van der Waals surface area contributed by atoms with Crippen molar-refractivity contribution in [2.75, 3.05) is 5.32 Å². The van der Waals surface area contributed by atoms with E-state index < -0.39 is 28.9 Å². The van der Waals surface area contributed by atoms with Crippen molar-refractivity contribution < 1.29 is 23.5 Å². The Kier molecular flexibility index (Phi) is 4.81. The van der Waals surface area contributed by atoms with Gasteiger partial charge < -0.3 is 10.4 Å². The maximum absolute atomic E-state index is 13.4. The molecule has 1 unspecified atom stereocenters. The summed E-state index contributed by atoms with van der Waals surface area (Å²) in [6, 6.07) is 2.75. The van der Waals surface area contributed by atoms with Gasteiger partial charge in [0.15, 0.2) is 0 Å². The number of benzene rings is 1. The molecule has 110 valence electrons. The van der Waals surface area contributed by atoms with Crippen molar-refractivity contribution in [1.82, 2.24) is 0 Å². The third kappa shape index (κ3) is 3.53. The molecule has 0 heterocycles. The molecule has 0 aliphatic rings. The Hall–Kier alpha value is -1.98. The summed E-state index contributed by atoms with van der Waals surface area (Å²) in [6.07, 6.45) is -0.295. The second-order valence-corrected chi connectivity index (χ2v) is 5.23. The Morgan fingerprint density at radius 1 is 1.35 bits per heavy atom. The average molecular weight is 285 g/mol. The highest BCUT2D eigenvalue weighted by Crippen LogP contribution is 2.32. The molecule has 0 saturated heterocycles. The molecule has 0 aromatic heterocycles. The fourth-order valence-corrected chi connectivity index (χ4v) is 1.65. The van der Waals surface area contributed by atoms with E-state index in [-0.39, 0.29) is 18.0 Å². The lowest BCUT2D eigenvalue weighted by Crippen LogP contribution is -2.37. The molecule has 0 radical (unpaired) electrons. The molecule has 1 aromatic carbocycles. The Morgan fingerprint density at radius 3 is 2.40 bits per heavy atom. The van der Waals surface area contributed by atoms with Crippen LogP contribution in [0.4, 0.5) is 14.5 Å². The van der Waals surface area contributed by atoms with Crippen LogP contribution in [-0.2, 0) is 9.59 Å². The summed E-state index contributed by atoms with van der Waals surface area (Å²) in [7, 11) is 0. The number of carbonyl (C=O) groups is 2. The van der Waals surface area contributed by atoms with Gasteiger partial charge in [0.2, 0.25) is 5.91 Å². The second-order valence-electron chi connectivity index (χ2n) is 5.23. The van der Waals surface area contributed by atoms with Crippen LogP contribution in [0.25, 0.3) is 0 Å². The molecule has 2 N–H and O–H groups in total. The van der Waals surface area contributed by atoms with Gasteiger partial charge in [-0.05, 0) is 25.0 Å². The minimum atomic E-state index is -1.25. The number of nitrogens with one attached hydrogen (secondary N) is 1. The first-order valence-electron chi connectivity index (χ1n) is 6.15. The van der Waals surface area contributed by atoms with E-state index in [1.54, 1.807) is 13.8 Å². The molecule has 20 heavy (non-hydrogen) atoms. The van der Waals surface area contributed by atoms with Gasteiger partial charge in [0.25, 0.3) is 0 Å². The number of halogens is 2. The van der Waals surface area contributed by atoms with Crippen molar-refractivity contribution in [2.24, 2.45) is 11.3 Å². The van der Waals surface area contributed by atoms with Crippen molar-refractivity contribution in [3.05, 3.63) is 29.8 Å². The Morgan fingerprint density at radius 2 is 1.95 bits per heavy atom. The van der Waals surface area contributed by atoms with E-state index in [0.717, 1.165) is 12.1 Å². The first-order chi connectivity index (χ1) is 9.16. The monoisotopic (exact) mass is 285 g/mol. The van der Waals surface area contributed by atoms with Crippen molar-refractivity contribution in [3.63, 3.8) is 0 Å². The highest BCUT2D eigenvalue weighted by molar-refractivity contribution is 5.94. The maximum atomic E-state index is 13.4. The summed E-state index contributed by atoms with van der Waals surface area (Å²) in [6.45, 7) is 4.85. The van der Waals surface area contributed by atoms with Crippen molar-refractivity contribution >= 4 is 17.6 Å².